The van der Waals surface area contributed by atoms with Crippen molar-refractivity contribution in [2.75, 3.05) is 13.7 Å². The van der Waals surface area contributed by atoms with Crippen LogP contribution in [0.3, 0.4) is 0 Å². The topological polar surface area (TPSA) is 69.4 Å². The van der Waals surface area contributed by atoms with Gasteiger partial charge in [0.05, 0.1) is 4.90 Å². The van der Waals surface area contributed by atoms with E-state index in [9.17, 15) is 8.42 Å². The number of benzene rings is 1. The number of primary sulfonamides is 1. The SMILES string of the molecule is CCOC.NS(=O)(=O)c1ccccc1. The number of hydrogen-bond acceptors (Lipinski definition) is 3. The Kier molecular flexibility index (Phi) is 6.11. The summed E-state index contributed by atoms with van der Waals surface area (Å²) in [6.45, 7) is 2.78. The maximum Gasteiger partial charge on any atom is 0.238 e. The Hall–Kier alpha value is -0.910. The molecular weight excluding hydrogens is 202 g/mol. The minimum atomic E-state index is -3.50. The van der Waals surface area contributed by atoms with Crippen molar-refractivity contribution in [3.8, 4) is 0 Å². The first-order valence-corrected chi connectivity index (χ1v) is 5.63. The molecule has 80 valence electrons. The Morgan fingerprint density at radius 2 is 1.71 bits per heavy atom. The highest BCUT2D eigenvalue weighted by molar-refractivity contribution is 7.89. The van der Waals surface area contributed by atoms with Crippen molar-refractivity contribution in [2.45, 2.75) is 11.8 Å². The molecule has 0 saturated carbocycles. The molecule has 0 radical (unpaired) electrons. The van der Waals surface area contributed by atoms with Crippen LogP contribution in [0, 0.1) is 0 Å². The first-order valence-electron chi connectivity index (χ1n) is 4.09. The van der Waals surface area contributed by atoms with Gasteiger partial charge in [-0.15, -0.1) is 0 Å². The zero-order valence-corrected chi connectivity index (χ0v) is 9.12. The molecule has 0 amide bonds. The van der Waals surface area contributed by atoms with E-state index in [1.165, 1.54) is 12.1 Å². The predicted octanol–water partition coefficient (Wildman–Crippen LogP) is 0.987. The number of nitrogens with two attached hydrogens (primary N) is 1. The average molecular weight is 217 g/mol. The van der Waals surface area contributed by atoms with E-state index >= 15 is 0 Å². The molecule has 1 aromatic carbocycles. The molecule has 0 atom stereocenters. The summed E-state index contributed by atoms with van der Waals surface area (Å²) in [5, 5.41) is 4.83. The van der Waals surface area contributed by atoms with Gasteiger partial charge in [-0.1, -0.05) is 18.2 Å². The summed E-state index contributed by atoms with van der Waals surface area (Å²) >= 11 is 0. The number of methoxy groups -OCH3 is 1. The maximum atomic E-state index is 10.6. The summed E-state index contributed by atoms with van der Waals surface area (Å²) in [6.07, 6.45) is 0. The molecule has 0 saturated heterocycles. The van der Waals surface area contributed by atoms with Crippen molar-refractivity contribution < 1.29 is 13.2 Å². The number of rotatable bonds is 2. The van der Waals surface area contributed by atoms with E-state index in [2.05, 4.69) is 4.74 Å². The molecule has 0 fully saturated rings. The Bertz CT molecular complexity index is 332. The molecule has 5 heteroatoms. The lowest BCUT2D eigenvalue weighted by Crippen LogP contribution is -2.11. The van der Waals surface area contributed by atoms with E-state index in [-0.39, 0.29) is 4.90 Å². The number of ether oxygens (including phenoxy) is 1. The molecule has 0 aliphatic rings. The quantitative estimate of drug-likeness (QED) is 0.803. The fourth-order valence-corrected chi connectivity index (χ4v) is 1.15. The normalized spacial score (nSPS) is 10.2. The van der Waals surface area contributed by atoms with Crippen LogP contribution in [0.15, 0.2) is 35.2 Å². The van der Waals surface area contributed by atoms with E-state index < -0.39 is 10.0 Å². The lowest BCUT2D eigenvalue weighted by Gasteiger charge is -1.93. The van der Waals surface area contributed by atoms with Gasteiger partial charge in [0.15, 0.2) is 0 Å². The minimum Gasteiger partial charge on any atom is -0.385 e. The van der Waals surface area contributed by atoms with Gasteiger partial charge in [0.25, 0.3) is 0 Å². The van der Waals surface area contributed by atoms with Crippen molar-refractivity contribution in [1.29, 1.82) is 0 Å². The molecule has 0 heterocycles. The summed E-state index contributed by atoms with van der Waals surface area (Å²) in [6, 6.07) is 7.89. The molecule has 0 spiro atoms. The van der Waals surface area contributed by atoms with Gasteiger partial charge in [-0.3, -0.25) is 0 Å². The third kappa shape index (κ3) is 5.69. The second-order valence-electron chi connectivity index (χ2n) is 2.44. The van der Waals surface area contributed by atoms with Crippen LogP contribution in [0.2, 0.25) is 0 Å². The highest BCUT2D eigenvalue weighted by Crippen LogP contribution is 2.02. The molecule has 1 aromatic rings. The third-order valence-corrected chi connectivity index (χ3v) is 2.29. The summed E-state index contributed by atoms with van der Waals surface area (Å²) in [7, 11) is -1.82. The van der Waals surface area contributed by atoms with Crippen LogP contribution in [0.1, 0.15) is 6.92 Å². The minimum absolute atomic E-state index is 0.148. The van der Waals surface area contributed by atoms with Gasteiger partial charge in [0.1, 0.15) is 0 Å². The molecule has 14 heavy (non-hydrogen) atoms. The third-order valence-electron chi connectivity index (χ3n) is 1.36. The highest BCUT2D eigenvalue weighted by Gasteiger charge is 2.03. The van der Waals surface area contributed by atoms with Gasteiger partial charge >= 0.3 is 0 Å². The van der Waals surface area contributed by atoms with E-state index in [0.29, 0.717) is 0 Å². The van der Waals surface area contributed by atoms with Crippen LogP contribution in [0.4, 0.5) is 0 Å². The molecule has 0 bridgehead atoms. The Balaban J connectivity index is 0.000000364. The van der Waals surface area contributed by atoms with Crippen molar-refractivity contribution in [1.82, 2.24) is 0 Å². The molecule has 1 rings (SSSR count). The molecule has 0 unspecified atom stereocenters. The van der Waals surface area contributed by atoms with Gasteiger partial charge in [0, 0.05) is 13.7 Å². The largest absolute Gasteiger partial charge is 0.385 e. The van der Waals surface area contributed by atoms with Crippen LogP contribution in [0.25, 0.3) is 0 Å². The second-order valence-corrected chi connectivity index (χ2v) is 4.00. The summed E-state index contributed by atoms with van der Waals surface area (Å²) in [4.78, 5) is 0.148. The smallest absolute Gasteiger partial charge is 0.238 e. The zero-order chi connectivity index (χ0) is 11.0. The average Bonchev–Trinajstić information content (AvgIpc) is 2.18. The van der Waals surface area contributed by atoms with E-state index in [1.807, 2.05) is 6.92 Å². The molecule has 2 N–H and O–H groups in total. The standard InChI is InChI=1S/C6H7NO2S.C3H8O/c7-10(8,9)6-4-2-1-3-5-6;1-3-4-2/h1-5H,(H2,7,8,9);3H2,1-2H3. The zero-order valence-electron chi connectivity index (χ0n) is 8.30. The highest BCUT2D eigenvalue weighted by atomic mass is 32.2. The molecule has 0 aromatic heterocycles. The van der Waals surface area contributed by atoms with Crippen LogP contribution in [-0.4, -0.2) is 22.1 Å². The maximum absolute atomic E-state index is 10.6. The van der Waals surface area contributed by atoms with Crippen LogP contribution >= 0.6 is 0 Å². The van der Waals surface area contributed by atoms with E-state index in [0.717, 1.165) is 6.61 Å². The summed E-state index contributed by atoms with van der Waals surface area (Å²) in [5.41, 5.74) is 0. The van der Waals surface area contributed by atoms with E-state index in [1.54, 1.807) is 25.3 Å². The van der Waals surface area contributed by atoms with Crippen molar-refractivity contribution in [3.63, 3.8) is 0 Å². The summed E-state index contributed by atoms with van der Waals surface area (Å²) in [5.74, 6) is 0. The van der Waals surface area contributed by atoms with E-state index in [4.69, 9.17) is 5.14 Å². The van der Waals surface area contributed by atoms with Crippen molar-refractivity contribution >= 4 is 10.0 Å². The van der Waals surface area contributed by atoms with Gasteiger partial charge in [-0.2, -0.15) is 0 Å². The van der Waals surface area contributed by atoms with Crippen LogP contribution in [-0.2, 0) is 14.8 Å². The van der Waals surface area contributed by atoms with Gasteiger partial charge in [-0.05, 0) is 19.1 Å². The number of sulfonamides is 1. The molecule has 4 nitrogen and oxygen atoms in total. The monoisotopic (exact) mass is 217 g/mol. The predicted molar refractivity (Wildman–Crippen MR) is 55.4 cm³/mol. The Morgan fingerprint density at radius 3 is 1.93 bits per heavy atom. The lowest BCUT2D eigenvalue weighted by atomic mass is 10.4. The molecular formula is C9H15NO3S. The summed E-state index contributed by atoms with van der Waals surface area (Å²) < 4.78 is 25.8. The van der Waals surface area contributed by atoms with Gasteiger partial charge < -0.3 is 4.74 Å². The lowest BCUT2D eigenvalue weighted by molar-refractivity contribution is 0.215. The van der Waals surface area contributed by atoms with Gasteiger partial charge in [-0.25, -0.2) is 13.6 Å². The van der Waals surface area contributed by atoms with Crippen LogP contribution < -0.4 is 5.14 Å². The fourth-order valence-electron chi connectivity index (χ4n) is 0.610. The first kappa shape index (κ1) is 13.1. The molecule has 0 aliphatic carbocycles. The first-order chi connectivity index (χ1) is 6.52. The van der Waals surface area contributed by atoms with Gasteiger partial charge in [0.2, 0.25) is 10.0 Å². The second kappa shape index (κ2) is 6.53. The Labute approximate surface area is 84.7 Å². The van der Waals surface area contributed by atoms with Crippen LogP contribution in [0.5, 0.6) is 0 Å². The Morgan fingerprint density at radius 1 is 1.29 bits per heavy atom. The number of hydrogen-bond donors (Lipinski definition) is 1. The van der Waals surface area contributed by atoms with Crippen molar-refractivity contribution in [2.24, 2.45) is 5.14 Å². The fraction of sp³-hybridized carbons (Fsp3) is 0.333. The van der Waals surface area contributed by atoms with Crippen molar-refractivity contribution in [3.05, 3.63) is 30.3 Å². The molecule has 0 aliphatic heterocycles.